The number of aromatic nitrogens is 3. The molecule has 0 saturated carbocycles. The van der Waals surface area contributed by atoms with Gasteiger partial charge in [-0.15, -0.1) is 0 Å². The highest BCUT2D eigenvalue weighted by molar-refractivity contribution is 7.00. The molecule has 4 aliphatic heterocycles. The average molecular weight is 1170 g/mol. The van der Waals surface area contributed by atoms with Crippen LogP contribution in [0.5, 0.6) is 0 Å². The summed E-state index contributed by atoms with van der Waals surface area (Å²) in [7, 11) is 0. The highest BCUT2D eigenvalue weighted by Gasteiger charge is 2.50. The second-order valence-corrected chi connectivity index (χ2v) is 27.6. The molecule has 3 aromatic heterocycles. The minimum Gasteiger partial charge on any atom is -0.332 e. The van der Waals surface area contributed by atoms with Crippen molar-refractivity contribution < 1.29 is 13.7 Å². The third kappa shape index (κ3) is 6.91. The molecule has 5 heteroatoms. The van der Waals surface area contributed by atoms with E-state index in [9.17, 15) is 5.48 Å². The molecule has 91 heavy (non-hydrogen) atoms. The van der Waals surface area contributed by atoms with Crippen molar-refractivity contribution in [3.05, 3.63) is 283 Å². The van der Waals surface area contributed by atoms with Crippen LogP contribution in [0.3, 0.4) is 0 Å². The zero-order valence-corrected chi connectivity index (χ0v) is 51.1. The number of rotatable bonds is 3. The molecule has 2 unspecified atom stereocenters. The number of hydrogen-bond donors (Lipinski definition) is 0. The van der Waals surface area contributed by atoms with E-state index >= 15 is 0 Å². The Balaban J connectivity index is 0.956. The van der Waals surface area contributed by atoms with Crippen molar-refractivity contribution in [2.75, 3.05) is 4.90 Å². The molecule has 0 radical (unpaired) electrons. The van der Waals surface area contributed by atoms with E-state index < -0.39 is 43.0 Å². The first-order valence-corrected chi connectivity index (χ1v) is 31.7. The molecule has 15 aromatic rings. The Morgan fingerprint density at radius 1 is 0.407 bits per heavy atom. The minimum atomic E-state index is -0.505. The average Bonchev–Trinajstić information content (AvgIpc) is 1.53. The van der Waals surface area contributed by atoms with E-state index in [4.69, 9.17) is 8.22 Å². The summed E-state index contributed by atoms with van der Waals surface area (Å²) in [4.78, 5) is 2.62. The SMILES string of the molecule is [2H]c1c([2H])c([2H])c(-c2ccc3c(c2)c2cccc4c2n3-c2cc3c(c5c2B4c2cc(-c4c([2H])c([2H])c([2H])c([2H])c4[2H])cc4c6cc(-n7c8ccc(C(C)(C)C)cc8c8cc(C(C)(C)C)ccc87)ccc6n-5c24)C2C=CC=C4c5ccccc5-c5ccccc5-c5ccccc5N3C42)c([2H])c1[2H]. The van der Waals surface area contributed by atoms with E-state index in [-0.39, 0.29) is 58.1 Å². The van der Waals surface area contributed by atoms with Crippen molar-refractivity contribution in [1.29, 1.82) is 0 Å². The molecule has 0 fully saturated rings. The van der Waals surface area contributed by atoms with Crippen LogP contribution in [0, 0.1) is 0 Å². The highest BCUT2D eigenvalue weighted by atomic mass is 15.2. The lowest BCUT2D eigenvalue weighted by Crippen LogP contribution is -2.59. The summed E-state index contributed by atoms with van der Waals surface area (Å²) in [6.07, 6.45) is 6.97. The maximum atomic E-state index is 9.69. The standard InChI is InChI=1S/C86H63BN4/c1-85(2,3)54-36-40-73-66(46-54)67-47-55(86(4,5)6)37-41-74(67)88(73)56-38-42-76-68(48-56)69-44-53(51-23-11-8-12-24-51)45-71-83(69)91(76)84-79-64-32-19-30-62-60-28-16-14-26-58(60)57-25-13-15-27-59(57)61-29-17-18-34-72(61)89(81(62)64)77(79)49-78-80(84)87(71)70-33-20-31-63-65-43-52(50-21-9-7-10-22-50)35-39-75(65)90(78)82(63)70/h7-49,64,81H,1-6H3/i7D,8D,9D,10D,11D,12D,21D,22D,23D,24D. The minimum absolute atomic E-state index is 0.109. The first kappa shape index (κ1) is 42.3. The van der Waals surface area contributed by atoms with Crippen LogP contribution in [0.4, 0.5) is 11.4 Å². The molecule has 430 valence electrons. The smallest absolute Gasteiger partial charge is 0.252 e. The van der Waals surface area contributed by atoms with Gasteiger partial charge in [0.1, 0.15) is 0 Å². The summed E-state index contributed by atoms with van der Waals surface area (Å²) < 4.78 is 98.3. The largest absolute Gasteiger partial charge is 0.332 e. The van der Waals surface area contributed by atoms with E-state index in [0.29, 0.717) is 11.1 Å². The fourth-order valence-electron chi connectivity index (χ4n) is 16.8. The van der Waals surface area contributed by atoms with Crippen LogP contribution < -0.4 is 21.3 Å². The predicted octanol–water partition coefficient (Wildman–Crippen LogP) is 20.0. The second kappa shape index (κ2) is 18.1. The van der Waals surface area contributed by atoms with Crippen molar-refractivity contribution >= 4 is 105 Å². The number of anilines is 2. The number of allylic oxidation sites excluding steroid dienone is 2. The quantitative estimate of drug-likeness (QED) is 0.161. The van der Waals surface area contributed by atoms with Gasteiger partial charge in [0.05, 0.1) is 41.8 Å². The normalized spacial score (nSPS) is 17.3. The van der Waals surface area contributed by atoms with Crippen LogP contribution in [-0.2, 0) is 10.8 Å². The molecular weight excluding hydrogens is 1100 g/mol. The van der Waals surface area contributed by atoms with Crippen LogP contribution >= 0.6 is 0 Å². The Labute approximate surface area is 544 Å². The lowest BCUT2D eigenvalue weighted by atomic mass is 9.34. The van der Waals surface area contributed by atoms with Gasteiger partial charge in [0.15, 0.2) is 0 Å². The van der Waals surface area contributed by atoms with E-state index in [2.05, 4.69) is 242 Å². The van der Waals surface area contributed by atoms with Gasteiger partial charge in [-0.1, -0.05) is 229 Å². The summed E-state index contributed by atoms with van der Waals surface area (Å²) in [5, 5.41) is 5.89. The third-order valence-electron chi connectivity index (χ3n) is 20.8. The predicted molar refractivity (Wildman–Crippen MR) is 385 cm³/mol. The Morgan fingerprint density at radius 3 is 1.67 bits per heavy atom. The Bertz CT molecular complexity index is 6340. The van der Waals surface area contributed by atoms with Gasteiger partial charge in [-0.3, -0.25) is 0 Å². The van der Waals surface area contributed by atoms with Gasteiger partial charge in [0.25, 0.3) is 6.71 Å². The molecule has 5 aliphatic rings. The maximum absolute atomic E-state index is 9.69. The van der Waals surface area contributed by atoms with E-state index in [1.807, 2.05) is 18.2 Å². The number of para-hydroxylation sites is 2. The number of fused-ring (bicyclic) bond motifs is 24. The fourth-order valence-corrected chi connectivity index (χ4v) is 16.8. The molecule has 20 rings (SSSR count). The lowest BCUT2D eigenvalue weighted by molar-refractivity contribution is 0.590. The van der Waals surface area contributed by atoms with Crippen molar-refractivity contribution in [1.82, 2.24) is 13.7 Å². The van der Waals surface area contributed by atoms with Gasteiger partial charge < -0.3 is 18.6 Å². The van der Waals surface area contributed by atoms with Crippen LogP contribution in [0.15, 0.2) is 261 Å². The van der Waals surface area contributed by atoms with Crippen LogP contribution in [-0.4, -0.2) is 26.5 Å². The molecular formula is C86H63BN4. The summed E-state index contributed by atoms with van der Waals surface area (Å²) >= 11 is 0. The van der Waals surface area contributed by atoms with Gasteiger partial charge in [0, 0.05) is 88.8 Å². The molecule has 0 saturated heterocycles. The van der Waals surface area contributed by atoms with Crippen molar-refractivity contribution in [3.8, 4) is 61.6 Å². The zero-order valence-electron chi connectivity index (χ0n) is 61.1. The monoisotopic (exact) mass is 1170 g/mol. The van der Waals surface area contributed by atoms with E-state index in [1.165, 1.54) is 27.5 Å². The molecule has 0 bridgehead atoms. The van der Waals surface area contributed by atoms with Crippen molar-refractivity contribution in [2.45, 2.75) is 64.3 Å². The molecule has 4 nitrogen and oxygen atoms in total. The molecule has 12 aromatic carbocycles. The summed E-state index contributed by atoms with van der Waals surface area (Å²) in [6, 6.07) is 62.2. The Morgan fingerprint density at radius 2 is 0.967 bits per heavy atom. The molecule has 2 atom stereocenters. The number of nitrogens with zero attached hydrogens (tertiary/aromatic N) is 4. The third-order valence-corrected chi connectivity index (χ3v) is 20.8. The Hall–Kier alpha value is -10.6. The maximum Gasteiger partial charge on any atom is 0.252 e. The van der Waals surface area contributed by atoms with Gasteiger partial charge in [-0.25, -0.2) is 0 Å². The van der Waals surface area contributed by atoms with Crippen molar-refractivity contribution in [3.63, 3.8) is 0 Å². The fraction of sp³-hybridized carbons (Fsp3) is 0.116. The van der Waals surface area contributed by atoms with Crippen LogP contribution in [0.1, 0.15) is 83.4 Å². The van der Waals surface area contributed by atoms with Crippen molar-refractivity contribution in [2.24, 2.45) is 0 Å². The molecule has 0 spiro atoms. The first-order valence-electron chi connectivity index (χ1n) is 36.7. The van der Waals surface area contributed by atoms with E-state index in [1.54, 1.807) is 0 Å². The lowest BCUT2D eigenvalue weighted by Gasteiger charge is -2.36. The van der Waals surface area contributed by atoms with Gasteiger partial charge >= 0.3 is 0 Å². The van der Waals surface area contributed by atoms with Gasteiger partial charge in [0.2, 0.25) is 0 Å². The topological polar surface area (TPSA) is 18.0 Å². The summed E-state index contributed by atoms with van der Waals surface area (Å²) in [5.74, 6) is -0.209. The van der Waals surface area contributed by atoms with Crippen LogP contribution in [0.25, 0.3) is 133 Å². The zero-order chi connectivity index (χ0) is 69.2. The summed E-state index contributed by atoms with van der Waals surface area (Å²) in [6.45, 7) is 13.1. The Kier molecular flexibility index (Phi) is 8.40. The molecule has 1 aliphatic carbocycles. The number of hydrogen-bond acceptors (Lipinski definition) is 1. The number of benzene rings is 12. The highest BCUT2D eigenvalue weighted by Crippen LogP contribution is 2.59. The first-order chi connectivity index (χ1) is 48.6. The van der Waals surface area contributed by atoms with Crippen LogP contribution in [0.2, 0.25) is 0 Å². The molecule has 7 heterocycles. The molecule has 0 amide bonds. The summed E-state index contributed by atoms with van der Waals surface area (Å²) in [5.41, 5.74) is 25.4. The van der Waals surface area contributed by atoms with Gasteiger partial charge in [-0.2, -0.15) is 0 Å². The molecule has 0 N–H and O–H groups in total. The second-order valence-electron chi connectivity index (χ2n) is 27.6. The van der Waals surface area contributed by atoms with E-state index in [0.717, 1.165) is 133 Å². The van der Waals surface area contributed by atoms with Gasteiger partial charge in [-0.05, 0) is 161 Å².